The van der Waals surface area contributed by atoms with Crippen LogP contribution in [0.5, 0.6) is 0 Å². The Bertz CT molecular complexity index is 76.1. The van der Waals surface area contributed by atoms with E-state index in [0.717, 1.165) is 0 Å². The van der Waals surface area contributed by atoms with E-state index in [2.05, 4.69) is 0 Å². The summed E-state index contributed by atoms with van der Waals surface area (Å²) in [7, 11) is 0. The van der Waals surface area contributed by atoms with E-state index >= 15 is 0 Å². The fourth-order valence-corrected chi connectivity index (χ4v) is 0.463. The molecule has 0 amide bonds. The predicted octanol–water partition coefficient (Wildman–Crippen LogP) is 0.669. The van der Waals surface area contributed by atoms with E-state index in [4.69, 9.17) is 23.2 Å². The van der Waals surface area contributed by atoms with Gasteiger partial charge in [0, 0.05) is 5.88 Å². The zero-order chi connectivity index (χ0) is 5.86. The fraction of sp³-hybridized carbons (Fsp3) is 1.00. The van der Waals surface area contributed by atoms with Gasteiger partial charge in [-0.2, -0.15) is 0 Å². The molecule has 0 saturated heterocycles. The zero-order valence-electron chi connectivity index (χ0n) is 3.27. The van der Waals surface area contributed by atoms with Gasteiger partial charge in [-0.3, -0.25) is 4.21 Å². The Kier molecular flexibility index (Phi) is 4.02. The first kappa shape index (κ1) is 7.69. The van der Waals surface area contributed by atoms with Crippen LogP contribution in [0.25, 0.3) is 0 Å². The third-order valence-corrected chi connectivity index (χ3v) is 2.15. The molecule has 0 aromatic carbocycles. The van der Waals surface area contributed by atoms with Gasteiger partial charge in [-0.25, -0.2) is 0 Å². The van der Waals surface area contributed by atoms with Gasteiger partial charge in [0.05, 0.1) is 0 Å². The van der Waals surface area contributed by atoms with Crippen molar-refractivity contribution < 1.29 is 8.76 Å². The maximum absolute atomic E-state index is 9.71. The van der Waals surface area contributed by atoms with Gasteiger partial charge in [-0.15, -0.1) is 23.2 Å². The van der Waals surface area contributed by atoms with Gasteiger partial charge >= 0.3 is 0 Å². The molecular formula is C2H3Cl2O2S-. The molecule has 44 valence electrons. The third kappa shape index (κ3) is 3.29. The monoisotopic (exact) mass is 161 g/mol. The summed E-state index contributed by atoms with van der Waals surface area (Å²) in [6.45, 7) is 0. The number of rotatable bonds is 2. The van der Waals surface area contributed by atoms with Crippen LogP contribution >= 0.6 is 23.2 Å². The van der Waals surface area contributed by atoms with E-state index in [0.29, 0.717) is 0 Å². The lowest BCUT2D eigenvalue weighted by molar-refractivity contribution is 0.535. The molecule has 5 heteroatoms. The Morgan fingerprint density at radius 1 is 1.86 bits per heavy atom. The molecule has 0 aliphatic heterocycles. The highest BCUT2D eigenvalue weighted by Crippen LogP contribution is 2.00. The molecule has 0 bridgehead atoms. The van der Waals surface area contributed by atoms with Gasteiger partial charge in [0.1, 0.15) is 4.71 Å². The number of halogens is 2. The molecule has 0 aromatic heterocycles. The molecule has 2 atom stereocenters. The van der Waals surface area contributed by atoms with Crippen molar-refractivity contribution in [3.05, 3.63) is 0 Å². The highest BCUT2D eigenvalue weighted by molar-refractivity contribution is 7.81. The van der Waals surface area contributed by atoms with E-state index in [-0.39, 0.29) is 5.88 Å². The van der Waals surface area contributed by atoms with Crippen molar-refractivity contribution in [2.24, 2.45) is 0 Å². The molecule has 0 spiro atoms. The first-order valence-corrected chi connectivity index (χ1v) is 3.57. The highest BCUT2D eigenvalue weighted by Gasteiger charge is 1.98. The van der Waals surface area contributed by atoms with Crippen molar-refractivity contribution in [3.8, 4) is 0 Å². The largest absolute Gasteiger partial charge is 0.771 e. The van der Waals surface area contributed by atoms with Crippen molar-refractivity contribution in [2.75, 3.05) is 5.88 Å². The molecule has 0 fully saturated rings. The summed E-state index contributed by atoms with van der Waals surface area (Å²) in [5.41, 5.74) is 0. The average molecular weight is 162 g/mol. The molecule has 0 saturated carbocycles. The maximum Gasteiger partial charge on any atom is 0.109 e. The molecule has 2 nitrogen and oxygen atoms in total. The normalized spacial score (nSPS) is 18.7. The lowest BCUT2D eigenvalue weighted by Gasteiger charge is -2.06. The summed E-state index contributed by atoms with van der Waals surface area (Å²) < 4.78 is 18.5. The predicted molar refractivity (Wildman–Crippen MR) is 29.3 cm³/mol. The summed E-state index contributed by atoms with van der Waals surface area (Å²) in [5.74, 6) is -0.0579. The minimum atomic E-state index is -2.23. The Morgan fingerprint density at radius 2 is 2.29 bits per heavy atom. The van der Waals surface area contributed by atoms with Crippen LogP contribution in [0, 0.1) is 0 Å². The smallest absolute Gasteiger partial charge is 0.109 e. The Balaban J connectivity index is 3.34. The van der Waals surface area contributed by atoms with Crippen molar-refractivity contribution >= 4 is 34.3 Å². The Hall–Kier alpha value is 0.690. The lowest BCUT2D eigenvalue weighted by atomic mass is 10.9. The second-order valence-electron chi connectivity index (χ2n) is 0.825. The molecule has 0 aromatic rings. The van der Waals surface area contributed by atoms with Crippen molar-refractivity contribution in [1.29, 1.82) is 0 Å². The van der Waals surface area contributed by atoms with Gasteiger partial charge in [0.25, 0.3) is 0 Å². The summed E-state index contributed by atoms with van der Waals surface area (Å²) in [5, 5.41) is 0. The van der Waals surface area contributed by atoms with E-state index in [1.807, 2.05) is 0 Å². The van der Waals surface area contributed by atoms with Crippen molar-refractivity contribution in [3.63, 3.8) is 0 Å². The fourth-order valence-electron chi connectivity index (χ4n) is 0.0514. The van der Waals surface area contributed by atoms with Gasteiger partial charge in [0.2, 0.25) is 0 Å². The lowest BCUT2D eigenvalue weighted by Crippen LogP contribution is -2.07. The first-order valence-electron chi connectivity index (χ1n) is 1.46. The van der Waals surface area contributed by atoms with Crippen LogP contribution in [-0.2, 0) is 11.1 Å². The minimum absolute atomic E-state index is 0.0579. The van der Waals surface area contributed by atoms with Crippen LogP contribution < -0.4 is 0 Å². The molecule has 0 radical (unpaired) electrons. The molecular weight excluding hydrogens is 159 g/mol. The van der Waals surface area contributed by atoms with Crippen LogP contribution in [0.15, 0.2) is 0 Å². The highest BCUT2D eigenvalue weighted by atomic mass is 35.5. The quantitative estimate of drug-likeness (QED) is 0.442. The van der Waals surface area contributed by atoms with Gasteiger partial charge in [-0.1, -0.05) is 0 Å². The van der Waals surface area contributed by atoms with Crippen LogP contribution in [-0.4, -0.2) is 19.4 Å². The molecule has 2 unspecified atom stereocenters. The molecule has 7 heavy (non-hydrogen) atoms. The van der Waals surface area contributed by atoms with Gasteiger partial charge < -0.3 is 4.55 Å². The summed E-state index contributed by atoms with van der Waals surface area (Å²) in [4.78, 5) is 0. The number of hydrogen-bond acceptors (Lipinski definition) is 2. The molecule has 0 rings (SSSR count). The third-order valence-electron chi connectivity index (χ3n) is 0.330. The zero-order valence-corrected chi connectivity index (χ0v) is 5.59. The summed E-state index contributed by atoms with van der Waals surface area (Å²) in [6, 6.07) is 0. The van der Waals surface area contributed by atoms with Crippen LogP contribution in [0.3, 0.4) is 0 Å². The van der Waals surface area contributed by atoms with E-state index in [1.165, 1.54) is 0 Å². The number of hydrogen-bond donors (Lipinski definition) is 0. The minimum Gasteiger partial charge on any atom is -0.771 e. The second-order valence-corrected chi connectivity index (χ2v) is 3.01. The molecule has 0 heterocycles. The SMILES string of the molecule is O=S([O-])C(Cl)CCl. The first-order chi connectivity index (χ1) is 3.18. The van der Waals surface area contributed by atoms with Crippen LogP contribution in [0.1, 0.15) is 0 Å². The van der Waals surface area contributed by atoms with E-state index in [1.54, 1.807) is 0 Å². The molecule has 0 N–H and O–H groups in total. The molecule has 0 aliphatic rings. The summed E-state index contributed by atoms with van der Waals surface area (Å²) in [6.07, 6.45) is 0. The van der Waals surface area contributed by atoms with E-state index in [9.17, 15) is 8.76 Å². The van der Waals surface area contributed by atoms with Gasteiger partial charge in [0.15, 0.2) is 0 Å². The number of alkyl halides is 2. The van der Waals surface area contributed by atoms with Crippen LogP contribution in [0.4, 0.5) is 0 Å². The Morgan fingerprint density at radius 3 is 2.29 bits per heavy atom. The van der Waals surface area contributed by atoms with Gasteiger partial charge in [-0.05, 0) is 11.1 Å². The van der Waals surface area contributed by atoms with Crippen molar-refractivity contribution in [1.82, 2.24) is 0 Å². The average Bonchev–Trinajstić information content (AvgIpc) is 1.65. The summed E-state index contributed by atoms with van der Waals surface area (Å²) >= 11 is 7.85. The second kappa shape index (κ2) is 3.66. The van der Waals surface area contributed by atoms with Crippen molar-refractivity contribution in [2.45, 2.75) is 4.71 Å². The Labute approximate surface area is 54.1 Å². The molecule has 0 aliphatic carbocycles. The maximum atomic E-state index is 9.71. The van der Waals surface area contributed by atoms with E-state index < -0.39 is 15.8 Å². The standard InChI is InChI=1S/C2H4Cl2O2S/c3-1-2(4)7(5)6/h2H,1H2,(H,5,6)/p-1. The van der Waals surface area contributed by atoms with Crippen LogP contribution in [0.2, 0.25) is 0 Å². The topological polar surface area (TPSA) is 40.1 Å².